The van der Waals surface area contributed by atoms with Crippen LogP contribution in [-0.2, 0) is 19.6 Å². The fourth-order valence-electron chi connectivity index (χ4n) is 4.26. The molecule has 0 unspecified atom stereocenters. The van der Waals surface area contributed by atoms with E-state index in [0.29, 0.717) is 31.7 Å². The van der Waals surface area contributed by atoms with E-state index < -0.39 is 5.91 Å². The second-order valence-electron chi connectivity index (χ2n) is 7.76. The molecule has 1 aliphatic rings. The summed E-state index contributed by atoms with van der Waals surface area (Å²) in [6.07, 6.45) is 1.30. The van der Waals surface area contributed by atoms with Crippen LogP contribution >= 0.6 is 11.6 Å². The van der Waals surface area contributed by atoms with E-state index in [1.165, 1.54) is 6.20 Å². The molecule has 0 spiro atoms. The molecule has 11 heteroatoms. The van der Waals surface area contributed by atoms with E-state index in [-0.39, 0.29) is 29.1 Å². The summed E-state index contributed by atoms with van der Waals surface area (Å²) in [5.41, 5.74) is 8.41. The van der Waals surface area contributed by atoms with Gasteiger partial charge in [-0.1, -0.05) is 11.6 Å². The maximum Gasteiger partial charge on any atom is 0.277 e. The Balaban J connectivity index is 1.65. The Morgan fingerprint density at radius 3 is 2.73 bits per heavy atom. The van der Waals surface area contributed by atoms with E-state index in [1.807, 2.05) is 36.9 Å². The van der Waals surface area contributed by atoms with E-state index in [2.05, 4.69) is 29.7 Å². The third kappa shape index (κ3) is 4.49. The minimum atomic E-state index is -0.451. The van der Waals surface area contributed by atoms with Gasteiger partial charge >= 0.3 is 0 Å². The zero-order valence-electron chi connectivity index (χ0n) is 18.8. The molecule has 1 aliphatic heterocycles. The van der Waals surface area contributed by atoms with Gasteiger partial charge in [0, 0.05) is 37.8 Å². The lowest BCUT2D eigenvalue weighted by molar-refractivity contribution is -0.676. The van der Waals surface area contributed by atoms with E-state index in [0.717, 1.165) is 29.9 Å². The molecular formula is C22H28ClN8O2+. The van der Waals surface area contributed by atoms with Gasteiger partial charge in [-0.2, -0.15) is 0 Å². The molecule has 1 saturated heterocycles. The number of piperazine rings is 1. The fraction of sp³-hybridized carbons (Fsp3) is 0.409. The van der Waals surface area contributed by atoms with Crippen LogP contribution in [0.2, 0.25) is 5.15 Å². The van der Waals surface area contributed by atoms with Crippen LogP contribution in [0, 0.1) is 0 Å². The fourth-order valence-corrected chi connectivity index (χ4v) is 4.39. The number of rotatable bonds is 6. The molecule has 2 amide bonds. The molecule has 2 aromatic heterocycles. The second-order valence-corrected chi connectivity index (χ2v) is 8.15. The zero-order valence-corrected chi connectivity index (χ0v) is 19.5. The van der Waals surface area contributed by atoms with Crippen LogP contribution in [0.4, 0.5) is 5.82 Å². The quantitative estimate of drug-likeness (QED) is 0.460. The highest BCUT2D eigenvalue weighted by molar-refractivity contribution is 6.29. The number of hydrogen-bond donors (Lipinski definition) is 3. The number of carbonyl (C=O) groups is 2. The lowest BCUT2D eigenvalue weighted by atomic mass is 10.1. The van der Waals surface area contributed by atoms with Crippen LogP contribution in [0.25, 0.3) is 11.0 Å². The number of nitrogens with two attached hydrogens (primary N) is 1. The molecule has 0 bridgehead atoms. The number of aromatic nitrogens is 4. The molecule has 3 heterocycles. The zero-order chi connectivity index (χ0) is 23.5. The Hall–Kier alpha value is -3.24. The Kier molecular flexibility index (Phi) is 6.75. The Morgan fingerprint density at radius 2 is 2.03 bits per heavy atom. The van der Waals surface area contributed by atoms with Gasteiger partial charge in [0.05, 0.1) is 19.3 Å². The predicted octanol–water partition coefficient (Wildman–Crippen LogP) is 0.970. The normalized spacial score (nSPS) is 14.0. The van der Waals surface area contributed by atoms with Crippen molar-refractivity contribution in [3.63, 3.8) is 0 Å². The van der Waals surface area contributed by atoms with Crippen molar-refractivity contribution < 1.29 is 14.2 Å². The minimum absolute atomic E-state index is 0.00591. The Bertz CT molecular complexity index is 1200. The highest BCUT2D eigenvalue weighted by Crippen LogP contribution is 2.19. The van der Waals surface area contributed by atoms with Gasteiger partial charge in [-0.15, -0.1) is 0 Å². The van der Waals surface area contributed by atoms with Gasteiger partial charge < -0.3 is 21.3 Å². The summed E-state index contributed by atoms with van der Waals surface area (Å²) in [4.78, 5) is 35.5. The van der Waals surface area contributed by atoms with Crippen LogP contribution in [-0.4, -0.2) is 57.4 Å². The number of fused-ring (bicyclic) bond motifs is 1. The molecule has 4 rings (SSSR count). The van der Waals surface area contributed by atoms with Crippen molar-refractivity contribution in [2.24, 2.45) is 0 Å². The molecule has 1 fully saturated rings. The van der Waals surface area contributed by atoms with E-state index in [9.17, 15) is 9.59 Å². The van der Waals surface area contributed by atoms with Gasteiger partial charge in [0.1, 0.15) is 11.7 Å². The molecule has 0 saturated carbocycles. The number of aryl methyl sites for hydroxylation is 2. The molecule has 1 aromatic carbocycles. The molecule has 33 heavy (non-hydrogen) atoms. The number of hydrogen-bond acceptors (Lipinski definition) is 6. The standard InChI is InChI=1S/C22H27ClN8O2/c1-3-30-15-6-5-14(22(33)29-9-7-25-8-10-29)11-16(15)31(4-2)18(30)13-27-21(32)19-20(24)26-12-17(23)28-19/h5-6,11-12,25H,3-4,7-10,13H2,1-2H3,(H2-,24,26,27,32)/p+1. The molecule has 0 radical (unpaired) electrons. The van der Waals surface area contributed by atoms with Crippen molar-refractivity contribution in [3.8, 4) is 0 Å². The van der Waals surface area contributed by atoms with Crippen molar-refractivity contribution in [1.29, 1.82) is 0 Å². The summed E-state index contributed by atoms with van der Waals surface area (Å²) < 4.78 is 4.24. The first-order chi connectivity index (χ1) is 15.9. The molecule has 0 atom stereocenters. The van der Waals surface area contributed by atoms with Crippen molar-refractivity contribution in [2.45, 2.75) is 33.5 Å². The van der Waals surface area contributed by atoms with Crippen LogP contribution in [0.1, 0.15) is 40.5 Å². The van der Waals surface area contributed by atoms with Crippen molar-refractivity contribution in [2.75, 3.05) is 31.9 Å². The van der Waals surface area contributed by atoms with Gasteiger partial charge in [0.2, 0.25) is 0 Å². The molecule has 3 aromatic rings. The lowest BCUT2D eigenvalue weighted by Crippen LogP contribution is -2.46. The number of nitrogens with one attached hydrogen (secondary N) is 2. The van der Waals surface area contributed by atoms with Crippen LogP contribution in [0.5, 0.6) is 0 Å². The molecule has 10 nitrogen and oxygen atoms in total. The van der Waals surface area contributed by atoms with E-state index in [1.54, 1.807) is 0 Å². The Labute approximate surface area is 196 Å². The highest BCUT2D eigenvalue weighted by Gasteiger charge is 2.27. The van der Waals surface area contributed by atoms with Crippen LogP contribution in [0.15, 0.2) is 24.4 Å². The summed E-state index contributed by atoms with van der Waals surface area (Å²) >= 11 is 5.87. The number of nitrogen functional groups attached to an aromatic ring is 1. The molecule has 174 valence electrons. The SMILES string of the molecule is CCn1c(CNC(=O)c2nc(Cl)cnc2N)[n+](CC)c2ccc(C(=O)N3CCNCC3)cc21. The van der Waals surface area contributed by atoms with Crippen LogP contribution < -0.4 is 20.9 Å². The largest absolute Gasteiger partial charge is 0.382 e. The first-order valence-electron chi connectivity index (χ1n) is 11.1. The summed E-state index contributed by atoms with van der Waals surface area (Å²) in [6, 6.07) is 5.80. The maximum atomic E-state index is 13.0. The van der Waals surface area contributed by atoms with E-state index >= 15 is 0 Å². The monoisotopic (exact) mass is 471 g/mol. The summed E-state index contributed by atoms with van der Waals surface area (Å²) in [5.74, 6) is 0.513. The van der Waals surface area contributed by atoms with Crippen molar-refractivity contribution >= 4 is 40.3 Å². The van der Waals surface area contributed by atoms with Gasteiger partial charge in [0.25, 0.3) is 17.6 Å². The summed E-state index contributed by atoms with van der Waals surface area (Å²) in [5, 5.41) is 6.25. The van der Waals surface area contributed by atoms with Crippen molar-refractivity contribution in [1.82, 2.24) is 30.1 Å². The number of amides is 2. The second kappa shape index (κ2) is 9.72. The summed E-state index contributed by atoms with van der Waals surface area (Å²) in [6.45, 7) is 8.74. The average Bonchev–Trinajstić information content (AvgIpc) is 3.15. The number of benzene rings is 1. The van der Waals surface area contributed by atoms with Gasteiger partial charge in [-0.25, -0.2) is 19.1 Å². The lowest BCUT2D eigenvalue weighted by Gasteiger charge is -2.27. The molecule has 0 aliphatic carbocycles. The van der Waals surface area contributed by atoms with Gasteiger partial charge in [0.15, 0.2) is 22.5 Å². The van der Waals surface area contributed by atoms with Gasteiger partial charge in [-0.3, -0.25) is 9.59 Å². The number of imidazole rings is 1. The topological polar surface area (TPSA) is 122 Å². The summed E-state index contributed by atoms with van der Waals surface area (Å²) in [7, 11) is 0. The number of halogens is 1. The Morgan fingerprint density at radius 1 is 1.27 bits per heavy atom. The first kappa shape index (κ1) is 22.9. The molecular weight excluding hydrogens is 444 g/mol. The smallest absolute Gasteiger partial charge is 0.277 e. The third-order valence-electron chi connectivity index (χ3n) is 5.86. The average molecular weight is 472 g/mol. The first-order valence-corrected chi connectivity index (χ1v) is 11.4. The highest BCUT2D eigenvalue weighted by atomic mass is 35.5. The number of carbonyl (C=O) groups excluding carboxylic acids is 2. The van der Waals surface area contributed by atoms with E-state index in [4.69, 9.17) is 17.3 Å². The van der Waals surface area contributed by atoms with Crippen LogP contribution in [0.3, 0.4) is 0 Å². The maximum absolute atomic E-state index is 13.0. The van der Waals surface area contributed by atoms with Gasteiger partial charge in [-0.05, 0) is 26.0 Å². The minimum Gasteiger partial charge on any atom is -0.382 e. The molecule has 4 N–H and O–H groups in total. The van der Waals surface area contributed by atoms with Crippen molar-refractivity contribution in [3.05, 3.63) is 46.6 Å². The number of nitrogens with zero attached hydrogens (tertiary/aromatic N) is 5. The number of anilines is 1. The third-order valence-corrected chi connectivity index (χ3v) is 6.04. The predicted molar refractivity (Wildman–Crippen MR) is 125 cm³/mol.